The maximum Gasteiger partial charge on any atom is 0.508 e. The summed E-state index contributed by atoms with van der Waals surface area (Å²) >= 11 is 0.986. The van der Waals surface area contributed by atoms with Crippen LogP contribution in [0.2, 0.25) is 0 Å². The van der Waals surface area contributed by atoms with E-state index in [1.807, 2.05) is 0 Å². The van der Waals surface area contributed by atoms with Gasteiger partial charge < -0.3 is 19.1 Å². The van der Waals surface area contributed by atoms with E-state index in [2.05, 4.69) is 0 Å². The van der Waals surface area contributed by atoms with Gasteiger partial charge in [-0.2, -0.15) is 0 Å². The second kappa shape index (κ2) is 14.7. The Morgan fingerprint density at radius 2 is 1.51 bits per heavy atom. The molecule has 0 radical (unpaired) electrons. The number of esters is 1. The van der Waals surface area contributed by atoms with E-state index in [4.69, 9.17) is 14.2 Å². The Kier molecular flexibility index (Phi) is 10.7. The molecule has 3 unspecified atom stereocenters. The lowest BCUT2D eigenvalue weighted by molar-refractivity contribution is -0.385. The minimum absolute atomic E-state index is 0.0619. The predicted molar refractivity (Wildman–Crippen MR) is 163 cm³/mol. The lowest BCUT2D eigenvalue weighted by Gasteiger charge is -2.45. The van der Waals surface area contributed by atoms with Gasteiger partial charge in [0.05, 0.1) is 21.8 Å². The molecule has 2 aliphatic heterocycles. The molecule has 4 rings (SSSR count). The van der Waals surface area contributed by atoms with Crippen molar-refractivity contribution in [2.75, 3.05) is 7.05 Å². The van der Waals surface area contributed by atoms with Crippen LogP contribution in [0.5, 0.6) is 0 Å². The van der Waals surface area contributed by atoms with E-state index in [1.165, 1.54) is 79.7 Å². The summed E-state index contributed by atoms with van der Waals surface area (Å²) in [7, 11) is 1.31. The Balaban J connectivity index is 1.43. The zero-order valence-electron chi connectivity index (χ0n) is 25.2. The molecule has 2 aromatic rings. The number of thioether (sulfide) groups is 1. The molecule has 246 valence electrons. The van der Waals surface area contributed by atoms with Gasteiger partial charge in [-0.15, -0.1) is 0 Å². The number of likely N-dealkylation sites (N-methyl/N-ethyl adjacent to an activating group) is 1. The summed E-state index contributed by atoms with van der Waals surface area (Å²) in [6.45, 7) is 2.25. The lowest BCUT2D eigenvalue weighted by atomic mass is 9.83. The Bertz CT molecular complexity index is 1670. The first-order chi connectivity index (χ1) is 22.3. The minimum atomic E-state index is -1.07. The molecule has 2 aromatic carbocycles. The van der Waals surface area contributed by atoms with Gasteiger partial charge in [0.15, 0.2) is 0 Å². The third-order valence-corrected chi connectivity index (χ3v) is 8.31. The molecule has 1 saturated heterocycles. The monoisotopic (exact) mass is 668 g/mol. The highest BCUT2D eigenvalue weighted by Gasteiger charge is 2.58. The summed E-state index contributed by atoms with van der Waals surface area (Å²) in [5.74, 6) is -3.28. The number of nitrogens with zero attached hydrogens (tertiary/aromatic N) is 4. The van der Waals surface area contributed by atoms with Crippen LogP contribution in [0.3, 0.4) is 0 Å². The first-order valence-electron chi connectivity index (χ1n) is 13.9. The molecule has 47 heavy (non-hydrogen) atoms. The number of amides is 3. The van der Waals surface area contributed by atoms with Gasteiger partial charge in [0.2, 0.25) is 11.8 Å². The highest BCUT2D eigenvalue weighted by molar-refractivity contribution is 8.05. The van der Waals surface area contributed by atoms with Crippen molar-refractivity contribution in [3.8, 4) is 0 Å². The summed E-state index contributed by atoms with van der Waals surface area (Å²) in [6.07, 6.45) is -0.728. The predicted octanol–water partition coefficient (Wildman–Crippen LogP) is 3.98. The third-order valence-electron chi connectivity index (χ3n) is 7.39. The number of rotatable bonds is 12. The molecular formula is C30H28N4O12S. The third kappa shape index (κ3) is 7.99. The first kappa shape index (κ1) is 34.3. The van der Waals surface area contributed by atoms with Crippen molar-refractivity contribution in [3.63, 3.8) is 0 Å². The zero-order valence-corrected chi connectivity index (χ0v) is 26.0. The summed E-state index contributed by atoms with van der Waals surface area (Å²) in [4.78, 5) is 85.9. The van der Waals surface area contributed by atoms with Crippen molar-refractivity contribution in [2.24, 2.45) is 5.92 Å². The number of non-ortho nitro benzene ring substituents is 2. The molecule has 2 aliphatic rings. The zero-order chi connectivity index (χ0) is 34.4. The fraction of sp³-hybridized carbons (Fsp3) is 0.300. The van der Waals surface area contributed by atoms with Crippen LogP contribution in [-0.2, 0) is 46.6 Å². The van der Waals surface area contributed by atoms with E-state index in [9.17, 15) is 44.2 Å². The molecule has 17 heteroatoms. The average Bonchev–Trinajstić information content (AvgIpc) is 3.36. The smallest absolute Gasteiger partial charge is 0.456 e. The molecule has 0 bridgehead atoms. The molecule has 0 saturated carbocycles. The number of benzene rings is 2. The number of nitro benzene ring substituents is 2. The van der Waals surface area contributed by atoms with E-state index in [-0.39, 0.29) is 36.7 Å². The molecule has 1 fully saturated rings. The van der Waals surface area contributed by atoms with Crippen LogP contribution in [0.15, 0.2) is 70.6 Å². The van der Waals surface area contributed by atoms with Crippen LogP contribution >= 0.6 is 11.8 Å². The van der Waals surface area contributed by atoms with E-state index in [0.29, 0.717) is 16.0 Å². The van der Waals surface area contributed by atoms with E-state index >= 15 is 0 Å². The van der Waals surface area contributed by atoms with Crippen molar-refractivity contribution >= 4 is 53.0 Å². The summed E-state index contributed by atoms with van der Waals surface area (Å²) in [5, 5.41) is 23.1. The van der Waals surface area contributed by atoms with E-state index < -0.39 is 57.8 Å². The van der Waals surface area contributed by atoms with Crippen molar-refractivity contribution in [1.29, 1.82) is 0 Å². The fourth-order valence-electron chi connectivity index (χ4n) is 4.80. The van der Waals surface area contributed by atoms with Crippen LogP contribution in [-0.4, -0.2) is 68.7 Å². The van der Waals surface area contributed by atoms with E-state index in [1.54, 1.807) is 0 Å². The van der Waals surface area contributed by atoms with Gasteiger partial charge in [-0.25, -0.2) is 9.59 Å². The number of carbonyl (C=O) groups is 5. The minimum Gasteiger partial charge on any atom is -0.456 e. The number of nitro groups is 2. The van der Waals surface area contributed by atoms with Crippen molar-refractivity contribution < 1.29 is 48.0 Å². The first-order valence-corrected chi connectivity index (χ1v) is 14.8. The maximum atomic E-state index is 13.3. The fourth-order valence-corrected chi connectivity index (χ4v) is 5.71. The average molecular weight is 669 g/mol. The largest absolute Gasteiger partial charge is 0.508 e. The molecule has 2 heterocycles. The highest BCUT2D eigenvalue weighted by Crippen LogP contribution is 2.48. The number of hydrogen-bond donors (Lipinski definition) is 0. The lowest BCUT2D eigenvalue weighted by Crippen LogP contribution is -2.62. The Hall–Kier alpha value is -5.58. The van der Waals surface area contributed by atoms with Crippen molar-refractivity contribution in [3.05, 3.63) is 102 Å². The molecule has 3 atom stereocenters. The van der Waals surface area contributed by atoms with Gasteiger partial charge in [0, 0.05) is 55.6 Å². The second-order valence-corrected chi connectivity index (χ2v) is 11.4. The van der Waals surface area contributed by atoms with Crippen molar-refractivity contribution in [2.45, 2.75) is 45.6 Å². The van der Waals surface area contributed by atoms with Gasteiger partial charge in [-0.05, 0) is 47.7 Å². The second-order valence-electron chi connectivity index (χ2n) is 10.4. The van der Waals surface area contributed by atoms with Gasteiger partial charge in [0.1, 0.15) is 25.0 Å². The topological polar surface area (TPSA) is 206 Å². The molecule has 0 aliphatic carbocycles. The van der Waals surface area contributed by atoms with Gasteiger partial charge >= 0.3 is 12.1 Å². The molecule has 3 amide bonds. The molecular weight excluding hydrogens is 640 g/mol. The normalized spacial score (nSPS) is 17.4. The van der Waals surface area contributed by atoms with Crippen LogP contribution in [0.25, 0.3) is 0 Å². The SMILES string of the molecule is CC(=O)N(C)C(=O)C=CSC1=C(C(=O)OCc2ccc([N+](=O)[O-])cc2)N2C(=O)C(C(C)OC(=O)OCc3ccc([N+](=O)[O-])cc3)C2C1. The Morgan fingerprint density at radius 3 is 2.02 bits per heavy atom. The molecule has 0 spiro atoms. The number of imide groups is 1. The summed E-state index contributed by atoms with van der Waals surface area (Å²) < 4.78 is 15.9. The van der Waals surface area contributed by atoms with E-state index in [0.717, 1.165) is 22.7 Å². The molecule has 0 N–H and O–H groups in total. The van der Waals surface area contributed by atoms with Crippen LogP contribution in [0.1, 0.15) is 31.4 Å². The number of carbonyl (C=O) groups excluding carboxylic acids is 5. The van der Waals surface area contributed by atoms with Crippen molar-refractivity contribution in [1.82, 2.24) is 9.80 Å². The van der Waals surface area contributed by atoms with Crippen LogP contribution in [0.4, 0.5) is 16.2 Å². The van der Waals surface area contributed by atoms with Gasteiger partial charge in [-0.1, -0.05) is 11.8 Å². The quantitative estimate of drug-likeness (QED) is 0.103. The van der Waals surface area contributed by atoms with Crippen LogP contribution in [0, 0.1) is 26.1 Å². The number of hydrogen-bond acceptors (Lipinski definition) is 13. The Morgan fingerprint density at radius 1 is 0.979 bits per heavy atom. The van der Waals surface area contributed by atoms with Gasteiger partial charge in [0.25, 0.3) is 17.3 Å². The highest BCUT2D eigenvalue weighted by atomic mass is 32.2. The summed E-state index contributed by atoms with van der Waals surface area (Å²) in [5.41, 5.74) is 0.619. The summed E-state index contributed by atoms with van der Waals surface area (Å²) in [6, 6.07) is 10.2. The Labute approximate surface area is 271 Å². The molecule has 0 aromatic heterocycles. The number of β-lactam (4-membered cyclic amide) rings is 1. The number of fused-ring (bicyclic) bond motifs is 1. The maximum absolute atomic E-state index is 13.3. The van der Waals surface area contributed by atoms with Gasteiger partial charge in [-0.3, -0.25) is 39.5 Å². The standard InChI is InChI=1S/C30H28N4O12S/c1-17(46-30(39)45-16-20-6-10-22(11-7-20)34(42)43)26-23-14-24(47-13-12-25(36)31(3)18(2)35)27(32(23)28(26)37)29(38)44-15-19-4-8-21(9-5-19)33(40)41/h4-13,17,23,26H,14-16H2,1-3H3. The van der Waals surface area contributed by atoms with Crippen LogP contribution < -0.4 is 0 Å². The molecule has 16 nitrogen and oxygen atoms in total. The number of ether oxygens (including phenoxy) is 3.